The van der Waals surface area contributed by atoms with Gasteiger partial charge in [-0.1, -0.05) is 0 Å². The van der Waals surface area contributed by atoms with Crippen LogP contribution in [0.1, 0.15) is 37.2 Å². The number of rotatable bonds is 8. The fraction of sp³-hybridized carbons (Fsp3) is 0.733. The second-order valence-electron chi connectivity index (χ2n) is 4.95. The Labute approximate surface area is 151 Å². The molecule has 0 fully saturated rings. The van der Waals surface area contributed by atoms with Gasteiger partial charge in [-0.15, -0.1) is 24.0 Å². The van der Waals surface area contributed by atoms with Crippen molar-refractivity contribution in [1.82, 2.24) is 20.4 Å². The molecule has 1 aromatic rings. The number of hydrogen-bond donors (Lipinski definition) is 2. The van der Waals surface area contributed by atoms with Crippen LogP contribution < -0.4 is 10.6 Å². The summed E-state index contributed by atoms with van der Waals surface area (Å²) in [5, 5.41) is 11.0. The lowest BCUT2D eigenvalue weighted by Gasteiger charge is -2.11. The molecule has 1 rings (SSSR count). The Balaban J connectivity index is 0.00000441. The van der Waals surface area contributed by atoms with Gasteiger partial charge < -0.3 is 15.4 Å². The fourth-order valence-electron chi connectivity index (χ4n) is 2.07. The predicted octanol–water partition coefficient (Wildman–Crippen LogP) is 2.14. The van der Waals surface area contributed by atoms with Gasteiger partial charge in [0.1, 0.15) is 0 Å². The molecular formula is C15H30IN5O. The lowest BCUT2D eigenvalue weighted by molar-refractivity contribution is 0.145. The molecule has 0 aliphatic carbocycles. The quantitative estimate of drug-likeness (QED) is 0.291. The first-order valence-corrected chi connectivity index (χ1v) is 7.69. The van der Waals surface area contributed by atoms with E-state index < -0.39 is 0 Å². The Morgan fingerprint density at radius 2 is 2.00 bits per heavy atom. The van der Waals surface area contributed by atoms with E-state index in [0.29, 0.717) is 6.54 Å². The average molecular weight is 423 g/mol. The van der Waals surface area contributed by atoms with Gasteiger partial charge in [0.15, 0.2) is 5.96 Å². The SMILES string of the molecule is CCNC(=NCc1c(C)nn(C)c1C)NCCCOCC.I. The minimum atomic E-state index is 0. The highest BCUT2D eigenvalue weighted by Crippen LogP contribution is 2.12. The van der Waals surface area contributed by atoms with Gasteiger partial charge in [0, 0.05) is 44.6 Å². The number of halogens is 1. The third kappa shape index (κ3) is 6.95. The normalized spacial score (nSPS) is 11.2. The highest BCUT2D eigenvalue weighted by Gasteiger charge is 2.08. The highest BCUT2D eigenvalue weighted by molar-refractivity contribution is 14.0. The number of aliphatic imine (C=N–C) groups is 1. The number of nitrogens with one attached hydrogen (secondary N) is 2. The maximum Gasteiger partial charge on any atom is 0.191 e. The number of aromatic nitrogens is 2. The lowest BCUT2D eigenvalue weighted by Crippen LogP contribution is -2.38. The highest BCUT2D eigenvalue weighted by atomic mass is 127. The topological polar surface area (TPSA) is 63.5 Å². The minimum absolute atomic E-state index is 0. The molecule has 0 atom stereocenters. The van der Waals surface area contributed by atoms with Crippen molar-refractivity contribution in [2.24, 2.45) is 12.0 Å². The first-order chi connectivity index (χ1) is 10.1. The first-order valence-electron chi connectivity index (χ1n) is 7.69. The summed E-state index contributed by atoms with van der Waals surface area (Å²) in [4.78, 5) is 4.64. The van der Waals surface area contributed by atoms with E-state index in [1.54, 1.807) is 0 Å². The smallest absolute Gasteiger partial charge is 0.191 e. The molecule has 1 aromatic heterocycles. The van der Waals surface area contributed by atoms with E-state index in [2.05, 4.69) is 34.6 Å². The number of guanidine groups is 1. The summed E-state index contributed by atoms with van der Waals surface area (Å²) in [6.07, 6.45) is 0.975. The van der Waals surface area contributed by atoms with Gasteiger partial charge in [-0.05, 0) is 34.1 Å². The van der Waals surface area contributed by atoms with Crippen LogP contribution in [-0.2, 0) is 18.3 Å². The summed E-state index contributed by atoms with van der Waals surface area (Å²) < 4.78 is 7.23. The van der Waals surface area contributed by atoms with E-state index in [9.17, 15) is 0 Å². The lowest BCUT2D eigenvalue weighted by atomic mass is 10.2. The van der Waals surface area contributed by atoms with Crippen molar-refractivity contribution in [2.75, 3.05) is 26.3 Å². The molecule has 128 valence electrons. The Hall–Kier alpha value is -0.830. The van der Waals surface area contributed by atoms with Crippen molar-refractivity contribution >= 4 is 29.9 Å². The third-order valence-corrected chi connectivity index (χ3v) is 3.36. The maximum atomic E-state index is 5.33. The molecule has 0 aliphatic heterocycles. The molecule has 1 heterocycles. The molecule has 0 bridgehead atoms. The number of nitrogens with zero attached hydrogens (tertiary/aromatic N) is 3. The van der Waals surface area contributed by atoms with E-state index in [1.807, 2.05) is 25.6 Å². The molecule has 0 saturated heterocycles. The van der Waals surface area contributed by atoms with Crippen LogP contribution in [0, 0.1) is 13.8 Å². The van der Waals surface area contributed by atoms with E-state index in [4.69, 9.17) is 4.74 Å². The van der Waals surface area contributed by atoms with Crippen LogP contribution >= 0.6 is 24.0 Å². The Morgan fingerprint density at radius 3 is 2.55 bits per heavy atom. The molecule has 6 nitrogen and oxygen atoms in total. The monoisotopic (exact) mass is 423 g/mol. The van der Waals surface area contributed by atoms with Crippen molar-refractivity contribution in [3.8, 4) is 0 Å². The summed E-state index contributed by atoms with van der Waals surface area (Å²) in [5.41, 5.74) is 3.42. The summed E-state index contributed by atoms with van der Waals surface area (Å²) in [6, 6.07) is 0. The first kappa shape index (κ1) is 21.2. The van der Waals surface area contributed by atoms with Gasteiger partial charge in [0.25, 0.3) is 0 Å². The number of aryl methyl sites for hydroxylation is 2. The Morgan fingerprint density at radius 1 is 1.27 bits per heavy atom. The summed E-state index contributed by atoms with van der Waals surface area (Å²) in [5.74, 6) is 0.844. The van der Waals surface area contributed by atoms with Gasteiger partial charge >= 0.3 is 0 Å². The van der Waals surface area contributed by atoms with Crippen LogP contribution in [0.25, 0.3) is 0 Å². The van der Waals surface area contributed by atoms with Gasteiger partial charge in [0.2, 0.25) is 0 Å². The molecule has 0 spiro atoms. The van der Waals surface area contributed by atoms with Crippen molar-refractivity contribution in [1.29, 1.82) is 0 Å². The second-order valence-corrected chi connectivity index (χ2v) is 4.95. The molecular weight excluding hydrogens is 393 g/mol. The van der Waals surface area contributed by atoms with Crippen LogP contribution in [0.15, 0.2) is 4.99 Å². The van der Waals surface area contributed by atoms with Gasteiger partial charge in [-0.3, -0.25) is 4.68 Å². The molecule has 2 N–H and O–H groups in total. The van der Waals surface area contributed by atoms with Gasteiger partial charge in [-0.25, -0.2) is 4.99 Å². The summed E-state index contributed by atoms with van der Waals surface area (Å²) in [6.45, 7) is 12.1. The summed E-state index contributed by atoms with van der Waals surface area (Å²) >= 11 is 0. The minimum Gasteiger partial charge on any atom is -0.382 e. The van der Waals surface area contributed by atoms with Crippen LogP contribution in [0.2, 0.25) is 0 Å². The molecule has 7 heteroatoms. The fourth-order valence-corrected chi connectivity index (χ4v) is 2.07. The van der Waals surface area contributed by atoms with Crippen molar-refractivity contribution in [2.45, 2.75) is 40.7 Å². The molecule has 0 aliphatic rings. The van der Waals surface area contributed by atoms with E-state index >= 15 is 0 Å². The van der Waals surface area contributed by atoms with Gasteiger partial charge in [0.05, 0.1) is 12.2 Å². The van der Waals surface area contributed by atoms with Crippen LogP contribution in [0.4, 0.5) is 0 Å². The largest absolute Gasteiger partial charge is 0.382 e. The third-order valence-electron chi connectivity index (χ3n) is 3.36. The number of ether oxygens (including phenoxy) is 1. The van der Waals surface area contributed by atoms with Gasteiger partial charge in [-0.2, -0.15) is 5.10 Å². The zero-order chi connectivity index (χ0) is 15.7. The van der Waals surface area contributed by atoms with Crippen LogP contribution in [-0.4, -0.2) is 42.0 Å². The van der Waals surface area contributed by atoms with E-state index in [0.717, 1.165) is 44.4 Å². The molecule has 0 amide bonds. The molecule has 0 radical (unpaired) electrons. The zero-order valence-electron chi connectivity index (χ0n) is 14.4. The Kier molecular flexibility index (Phi) is 11.3. The Bertz CT molecular complexity index is 459. The average Bonchev–Trinajstić information content (AvgIpc) is 2.69. The van der Waals surface area contributed by atoms with E-state index in [-0.39, 0.29) is 24.0 Å². The predicted molar refractivity (Wildman–Crippen MR) is 102 cm³/mol. The number of hydrogen-bond acceptors (Lipinski definition) is 3. The maximum absolute atomic E-state index is 5.33. The zero-order valence-corrected chi connectivity index (χ0v) is 16.7. The molecule has 0 aromatic carbocycles. The second kappa shape index (κ2) is 11.7. The molecule has 0 saturated carbocycles. The molecule has 22 heavy (non-hydrogen) atoms. The van der Waals surface area contributed by atoms with Crippen LogP contribution in [0.3, 0.4) is 0 Å². The van der Waals surface area contributed by atoms with Crippen LogP contribution in [0.5, 0.6) is 0 Å². The van der Waals surface area contributed by atoms with E-state index in [1.165, 1.54) is 11.3 Å². The van der Waals surface area contributed by atoms with Crippen molar-refractivity contribution in [3.05, 3.63) is 17.0 Å². The van der Waals surface area contributed by atoms with Crippen molar-refractivity contribution < 1.29 is 4.74 Å². The molecule has 0 unspecified atom stereocenters. The summed E-state index contributed by atoms with van der Waals surface area (Å²) in [7, 11) is 1.97. The standard InChI is InChI=1S/C15H29N5O.HI/c1-6-16-15(17-9-8-10-21-7-2)18-11-14-12(3)19-20(5)13(14)4;/h6-11H2,1-5H3,(H2,16,17,18);1H. The van der Waals surface area contributed by atoms with Crippen molar-refractivity contribution in [3.63, 3.8) is 0 Å².